The highest BCUT2D eigenvalue weighted by Crippen LogP contribution is 2.36. The van der Waals surface area contributed by atoms with Gasteiger partial charge in [0.25, 0.3) is 5.69 Å². The average molecular weight is 209 g/mol. The van der Waals surface area contributed by atoms with Crippen LogP contribution in [0.25, 0.3) is 10.1 Å². The summed E-state index contributed by atoms with van der Waals surface area (Å²) in [5.41, 5.74) is 0.875. The van der Waals surface area contributed by atoms with E-state index in [0.717, 1.165) is 10.9 Å². The number of phenolic OH excluding ortho intramolecular Hbond substituents is 1. The van der Waals surface area contributed by atoms with Crippen molar-refractivity contribution >= 4 is 27.1 Å². The number of nitro benzene ring substituents is 1. The highest BCUT2D eigenvalue weighted by molar-refractivity contribution is 7.17. The molecule has 1 N–H and O–H groups in total. The van der Waals surface area contributed by atoms with E-state index in [1.54, 1.807) is 0 Å². The lowest BCUT2D eigenvalue weighted by Gasteiger charge is -1.96. The van der Waals surface area contributed by atoms with Gasteiger partial charge in [-0.2, -0.15) is 0 Å². The lowest BCUT2D eigenvalue weighted by atomic mass is 10.1. The third kappa shape index (κ3) is 1.22. The summed E-state index contributed by atoms with van der Waals surface area (Å²) in [6, 6.07) is 2.67. The average Bonchev–Trinajstić information content (AvgIpc) is 2.48. The fourth-order valence-corrected chi connectivity index (χ4v) is 2.28. The van der Waals surface area contributed by atoms with Gasteiger partial charge in [0.15, 0.2) is 0 Å². The lowest BCUT2D eigenvalue weighted by Crippen LogP contribution is -1.87. The third-order valence-corrected chi connectivity index (χ3v) is 3.18. The lowest BCUT2D eigenvalue weighted by molar-refractivity contribution is -0.384. The van der Waals surface area contributed by atoms with Gasteiger partial charge in [0.1, 0.15) is 5.75 Å². The quantitative estimate of drug-likeness (QED) is 0.580. The summed E-state index contributed by atoms with van der Waals surface area (Å²) in [5, 5.41) is 22.7. The minimum absolute atomic E-state index is 0.0210. The maximum absolute atomic E-state index is 10.5. The molecule has 0 saturated carbocycles. The first-order valence-electron chi connectivity index (χ1n) is 3.95. The molecule has 14 heavy (non-hydrogen) atoms. The summed E-state index contributed by atoms with van der Waals surface area (Å²) in [5.74, 6) is -0.0210. The Kier molecular flexibility index (Phi) is 1.89. The molecule has 1 aromatic heterocycles. The van der Waals surface area contributed by atoms with Crippen LogP contribution in [0, 0.1) is 17.0 Å². The van der Waals surface area contributed by atoms with E-state index in [0.29, 0.717) is 4.70 Å². The molecule has 0 saturated heterocycles. The molecular formula is C9H7NO3S. The van der Waals surface area contributed by atoms with Crippen molar-refractivity contribution in [1.82, 2.24) is 0 Å². The maximum Gasteiger partial charge on any atom is 0.273 e. The van der Waals surface area contributed by atoms with E-state index in [9.17, 15) is 15.2 Å². The Morgan fingerprint density at radius 2 is 2.21 bits per heavy atom. The Morgan fingerprint density at radius 3 is 2.86 bits per heavy atom. The number of phenols is 1. The van der Waals surface area contributed by atoms with E-state index in [4.69, 9.17) is 0 Å². The van der Waals surface area contributed by atoms with E-state index in [1.165, 1.54) is 23.5 Å². The highest BCUT2D eigenvalue weighted by atomic mass is 32.1. The second-order valence-electron chi connectivity index (χ2n) is 3.02. The van der Waals surface area contributed by atoms with Crippen LogP contribution in [0.2, 0.25) is 0 Å². The second-order valence-corrected chi connectivity index (χ2v) is 3.90. The van der Waals surface area contributed by atoms with Crippen LogP contribution in [0.1, 0.15) is 5.56 Å². The predicted octanol–water partition coefficient (Wildman–Crippen LogP) is 2.82. The van der Waals surface area contributed by atoms with Crippen LogP contribution in [0.5, 0.6) is 5.75 Å². The van der Waals surface area contributed by atoms with E-state index in [2.05, 4.69) is 0 Å². The predicted molar refractivity (Wildman–Crippen MR) is 54.9 cm³/mol. The zero-order valence-electron chi connectivity index (χ0n) is 7.35. The molecule has 0 atom stereocenters. The number of hydrogen-bond acceptors (Lipinski definition) is 4. The van der Waals surface area contributed by atoms with Crippen LogP contribution in [-0.2, 0) is 0 Å². The Morgan fingerprint density at radius 1 is 1.50 bits per heavy atom. The number of non-ortho nitro benzene ring substituents is 1. The Labute approximate surface area is 83.6 Å². The standard InChI is InChI=1S/C9H7NO3S/c1-5-4-14-9-7(5)2-6(10(12)13)3-8(9)11/h2-4,11H,1H3. The van der Waals surface area contributed by atoms with E-state index < -0.39 is 4.92 Å². The van der Waals surface area contributed by atoms with E-state index in [1.807, 2.05) is 12.3 Å². The van der Waals surface area contributed by atoms with Crippen LogP contribution in [-0.4, -0.2) is 10.0 Å². The maximum atomic E-state index is 10.5. The number of nitro groups is 1. The minimum atomic E-state index is -0.504. The third-order valence-electron chi connectivity index (χ3n) is 2.04. The summed E-state index contributed by atoms with van der Waals surface area (Å²) in [7, 11) is 0. The smallest absolute Gasteiger partial charge is 0.273 e. The molecule has 0 radical (unpaired) electrons. The van der Waals surface area contributed by atoms with Gasteiger partial charge in [0, 0.05) is 11.5 Å². The van der Waals surface area contributed by atoms with Gasteiger partial charge in [-0.15, -0.1) is 11.3 Å². The van der Waals surface area contributed by atoms with Crippen molar-refractivity contribution in [2.75, 3.05) is 0 Å². The Hall–Kier alpha value is -1.62. The first-order chi connectivity index (χ1) is 6.59. The zero-order valence-corrected chi connectivity index (χ0v) is 8.17. The van der Waals surface area contributed by atoms with E-state index >= 15 is 0 Å². The van der Waals surface area contributed by atoms with Gasteiger partial charge in [0.2, 0.25) is 0 Å². The van der Waals surface area contributed by atoms with Crippen LogP contribution < -0.4 is 0 Å². The zero-order chi connectivity index (χ0) is 10.3. The van der Waals surface area contributed by atoms with E-state index in [-0.39, 0.29) is 11.4 Å². The fraction of sp³-hybridized carbons (Fsp3) is 0.111. The van der Waals surface area contributed by atoms with Crippen LogP contribution in [0.15, 0.2) is 17.5 Å². The molecule has 1 heterocycles. The van der Waals surface area contributed by atoms with Crippen molar-refractivity contribution in [3.63, 3.8) is 0 Å². The van der Waals surface area contributed by atoms with Gasteiger partial charge in [-0.05, 0) is 17.9 Å². The van der Waals surface area contributed by atoms with Crippen LogP contribution in [0.4, 0.5) is 5.69 Å². The van der Waals surface area contributed by atoms with Gasteiger partial charge in [-0.25, -0.2) is 0 Å². The van der Waals surface area contributed by atoms with Crippen molar-refractivity contribution in [2.24, 2.45) is 0 Å². The molecule has 0 spiro atoms. The second kappa shape index (κ2) is 2.95. The summed E-state index contributed by atoms with van der Waals surface area (Å²) >= 11 is 1.39. The molecule has 1 aromatic carbocycles. The van der Waals surface area contributed by atoms with Gasteiger partial charge in [0.05, 0.1) is 15.7 Å². The first kappa shape index (κ1) is 8.96. The summed E-state index contributed by atoms with van der Waals surface area (Å²) in [6.45, 7) is 1.86. The first-order valence-corrected chi connectivity index (χ1v) is 4.83. The topological polar surface area (TPSA) is 63.4 Å². The van der Waals surface area contributed by atoms with Crippen LogP contribution in [0.3, 0.4) is 0 Å². The number of benzene rings is 1. The molecule has 4 nitrogen and oxygen atoms in total. The minimum Gasteiger partial charge on any atom is -0.506 e. The number of hydrogen-bond donors (Lipinski definition) is 1. The Bertz CT molecular complexity index is 518. The molecule has 0 aliphatic rings. The molecule has 0 aliphatic carbocycles. The number of thiophene rings is 1. The van der Waals surface area contributed by atoms with Gasteiger partial charge < -0.3 is 5.11 Å². The molecule has 2 rings (SSSR count). The largest absolute Gasteiger partial charge is 0.506 e. The molecule has 5 heteroatoms. The summed E-state index contributed by atoms with van der Waals surface area (Å²) in [6.07, 6.45) is 0. The monoisotopic (exact) mass is 209 g/mol. The number of aryl methyl sites for hydroxylation is 1. The molecule has 0 amide bonds. The van der Waals surface area contributed by atoms with Crippen molar-refractivity contribution < 1.29 is 10.0 Å². The molecule has 72 valence electrons. The molecular weight excluding hydrogens is 202 g/mol. The van der Waals surface area contributed by atoms with Crippen molar-refractivity contribution in [2.45, 2.75) is 6.92 Å². The number of aromatic hydroxyl groups is 1. The SMILES string of the molecule is Cc1csc2c(O)cc([N+](=O)[O-])cc12. The molecule has 0 fully saturated rings. The summed E-state index contributed by atoms with van der Waals surface area (Å²) < 4.78 is 0.702. The van der Waals surface area contributed by atoms with Crippen LogP contribution >= 0.6 is 11.3 Å². The van der Waals surface area contributed by atoms with Crippen molar-refractivity contribution in [1.29, 1.82) is 0 Å². The van der Waals surface area contributed by atoms with Gasteiger partial charge >= 0.3 is 0 Å². The van der Waals surface area contributed by atoms with Gasteiger partial charge in [-0.1, -0.05) is 0 Å². The molecule has 2 aromatic rings. The van der Waals surface area contributed by atoms with Crippen molar-refractivity contribution in [3.8, 4) is 5.75 Å². The molecule has 0 bridgehead atoms. The van der Waals surface area contributed by atoms with Crippen molar-refractivity contribution in [3.05, 3.63) is 33.2 Å². The number of fused-ring (bicyclic) bond motifs is 1. The summed E-state index contributed by atoms with van der Waals surface area (Å²) in [4.78, 5) is 10.0. The highest BCUT2D eigenvalue weighted by Gasteiger charge is 2.13. The number of rotatable bonds is 1. The molecule has 0 unspecified atom stereocenters. The fourth-order valence-electron chi connectivity index (χ4n) is 1.33. The Balaban J connectivity index is 2.82. The normalized spacial score (nSPS) is 10.6. The molecule has 0 aliphatic heterocycles. The van der Waals surface area contributed by atoms with Gasteiger partial charge in [-0.3, -0.25) is 10.1 Å². The number of nitrogens with zero attached hydrogens (tertiary/aromatic N) is 1.